The second-order valence-electron chi connectivity index (χ2n) is 6.40. The third-order valence-electron chi connectivity index (χ3n) is 4.79. The van der Waals surface area contributed by atoms with Crippen LogP contribution >= 0.6 is 22.9 Å². The summed E-state index contributed by atoms with van der Waals surface area (Å²) in [6.07, 6.45) is 2.39. The Hall–Kier alpha value is -1.56. The zero-order chi connectivity index (χ0) is 16.5. The minimum Gasteiger partial charge on any atom is -0.447 e. The van der Waals surface area contributed by atoms with Crippen LogP contribution in [0.3, 0.4) is 0 Å². The molecule has 3 fully saturated rings. The van der Waals surface area contributed by atoms with Crippen LogP contribution in [-0.2, 0) is 0 Å². The van der Waals surface area contributed by atoms with Crippen molar-refractivity contribution >= 4 is 28.8 Å². The van der Waals surface area contributed by atoms with Crippen molar-refractivity contribution in [2.75, 3.05) is 19.6 Å². The van der Waals surface area contributed by atoms with E-state index in [1.165, 1.54) is 37.3 Å². The molecule has 2 aromatic rings. The monoisotopic (exact) mass is 362 g/mol. The van der Waals surface area contributed by atoms with Crippen LogP contribution in [0.2, 0.25) is 5.02 Å². The van der Waals surface area contributed by atoms with Crippen molar-refractivity contribution in [2.24, 2.45) is 5.92 Å². The summed E-state index contributed by atoms with van der Waals surface area (Å²) in [5, 5.41) is 4.53. The summed E-state index contributed by atoms with van der Waals surface area (Å²) in [4.78, 5) is 15.6. The van der Waals surface area contributed by atoms with Gasteiger partial charge >= 0.3 is 0 Å². The summed E-state index contributed by atoms with van der Waals surface area (Å²) in [5.41, 5.74) is 0. The van der Waals surface area contributed by atoms with E-state index in [1.807, 2.05) is 24.3 Å². The van der Waals surface area contributed by atoms with Crippen LogP contribution in [-0.4, -0.2) is 36.5 Å². The molecule has 4 heterocycles. The average Bonchev–Trinajstić information content (AvgIpc) is 3.05. The van der Waals surface area contributed by atoms with Gasteiger partial charge in [-0.15, -0.1) is 0 Å². The standard InChI is InChI=1S/C18H19ClN2O2S/c19-13-2-1-3-14(10-13)23-17-5-4-16(24-17)18(22)20-15-11-21-8-6-12(15)7-9-21/h1-5,10,12,15H,6-9,11H2,(H,20,22)/t15-/m0/s1. The van der Waals surface area contributed by atoms with Crippen molar-refractivity contribution in [3.8, 4) is 10.8 Å². The molecular weight excluding hydrogens is 344 g/mol. The quantitative estimate of drug-likeness (QED) is 0.893. The van der Waals surface area contributed by atoms with Crippen molar-refractivity contribution in [3.05, 3.63) is 46.3 Å². The van der Waals surface area contributed by atoms with Gasteiger partial charge in [0.2, 0.25) is 0 Å². The number of benzene rings is 1. The Morgan fingerprint density at radius 1 is 1.25 bits per heavy atom. The van der Waals surface area contributed by atoms with Gasteiger partial charge in [-0.2, -0.15) is 0 Å². The van der Waals surface area contributed by atoms with Crippen LogP contribution in [0.25, 0.3) is 0 Å². The van der Waals surface area contributed by atoms with E-state index in [0.717, 1.165) is 6.54 Å². The average molecular weight is 363 g/mol. The van der Waals surface area contributed by atoms with E-state index in [4.69, 9.17) is 16.3 Å². The smallest absolute Gasteiger partial charge is 0.261 e. The van der Waals surface area contributed by atoms with E-state index in [0.29, 0.717) is 26.6 Å². The molecule has 4 nitrogen and oxygen atoms in total. The van der Waals surface area contributed by atoms with E-state index < -0.39 is 0 Å². The molecule has 2 bridgehead atoms. The number of nitrogens with zero attached hydrogens (tertiary/aromatic N) is 1. The molecule has 1 aromatic heterocycles. The number of carbonyl (C=O) groups excluding carboxylic acids is 1. The van der Waals surface area contributed by atoms with E-state index in [2.05, 4.69) is 10.2 Å². The fourth-order valence-electron chi connectivity index (χ4n) is 3.51. The highest BCUT2D eigenvalue weighted by atomic mass is 35.5. The first-order valence-corrected chi connectivity index (χ1v) is 9.43. The van der Waals surface area contributed by atoms with Gasteiger partial charge in [-0.05, 0) is 62.2 Å². The van der Waals surface area contributed by atoms with Crippen molar-refractivity contribution < 1.29 is 9.53 Å². The maximum Gasteiger partial charge on any atom is 0.261 e. The Morgan fingerprint density at radius 2 is 2.08 bits per heavy atom. The van der Waals surface area contributed by atoms with Crippen LogP contribution in [0.4, 0.5) is 0 Å². The Balaban J connectivity index is 1.40. The molecule has 6 heteroatoms. The second kappa shape index (κ2) is 6.75. The van der Waals surface area contributed by atoms with Gasteiger partial charge in [-0.25, -0.2) is 0 Å². The lowest BCUT2D eigenvalue weighted by Gasteiger charge is -2.44. The number of hydrogen-bond acceptors (Lipinski definition) is 4. The first-order valence-electron chi connectivity index (χ1n) is 8.24. The predicted octanol–water partition coefficient (Wildman–Crippen LogP) is 4.02. The lowest BCUT2D eigenvalue weighted by molar-refractivity contribution is 0.0622. The van der Waals surface area contributed by atoms with E-state index in [-0.39, 0.29) is 11.9 Å². The molecule has 0 unspecified atom stereocenters. The molecule has 0 saturated carbocycles. The summed E-state index contributed by atoms with van der Waals surface area (Å²) in [5.74, 6) is 1.30. The van der Waals surface area contributed by atoms with E-state index in [9.17, 15) is 4.79 Å². The van der Waals surface area contributed by atoms with Crippen molar-refractivity contribution in [2.45, 2.75) is 18.9 Å². The third kappa shape index (κ3) is 3.43. The minimum absolute atomic E-state index is 0.000283. The number of thiophene rings is 1. The number of nitrogens with one attached hydrogen (secondary N) is 1. The molecule has 126 valence electrons. The number of fused-ring (bicyclic) bond motifs is 3. The fourth-order valence-corrected chi connectivity index (χ4v) is 4.47. The summed E-state index contributed by atoms with van der Waals surface area (Å²) < 4.78 is 5.78. The molecule has 0 spiro atoms. The Labute approximate surface area is 150 Å². The molecule has 1 aromatic carbocycles. The predicted molar refractivity (Wildman–Crippen MR) is 96.3 cm³/mol. The Kier molecular flexibility index (Phi) is 4.48. The van der Waals surface area contributed by atoms with Gasteiger partial charge in [0.05, 0.1) is 4.88 Å². The lowest BCUT2D eigenvalue weighted by Crippen LogP contribution is -2.57. The molecule has 3 saturated heterocycles. The summed E-state index contributed by atoms with van der Waals surface area (Å²) in [6.45, 7) is 3.33. The third-order valence-corrected chi connectivity index (χ3v) is 5.99. The highest BCUT2D eigenvalue weighted by molar-refractivity contribution is 7.15. The van der Waals surface area contributed by atoms with Crippen molar-refractivity contribution in [3.63, 3.8) is 0 Å². The van der Waals surface area contributed by atoms with Crippen molar-refractivity contribution in [1.29, 1.82) is 0 Å². The van der Waals surface area contributed by atoms with Crippen LogP contribution in [0, 0.1) is 5.92 Å². The number of carbonyl (C=O) groups is 1. The van der Waals surface area contributed by atoms with Gasteiger partial charge < -0.3 is 15.0 Å². The number of rotatable bonds is 4. The van der Waals surface area contributed by atoms with Gasteiger partial charge in [-0.3, -0.25) is 4.79 Å². The maximum absolute atomic E-state index is 12.5. The highest BCUT2D eigenvalue weighted by Gasteiger charge is 2.35. The largest absolute Gasteiger partial charge is 0.447 e. The topological polar surface area (TPSA) is 41.6 Å². The summed E-state index contributed by atoms with van der Waals surface area (Å²) in [6, 6.07) is 11.2. The molecule has 24 heavy (non-hydrogen) atoms. The molecular formula is C18H19ClN2O2S. The molecule has 1 atom stereocenters. The van der Waals surface area contributed by atoms with Crippen LogP contribution < -0.4 is 10.1 Å². The first-order chi connectivity index (χ1) is 11.7. The SMILES string of the molecule is O=C(N[C@H]1CN2CCC1CC2)c1ccc(Oc2cccc(Cl)c2)s1. The molecule has 1 N–H and O–H groups in total. The highest BCUT2D eigenvalue weighted by Crippen LogP contribution is 2.32. The Morgan fingerprint density at radius 3 is 2.79 bits per heavy atom. The number of hydrogen-bond donors (Lipinski definition) is 1. The van der Waals surface area contributed by atoms with Gasteiger partial charge in [-0.1, -0.05) is 29.0 Å². The van der Waals surface area contributed by atoms with Gasteiger partial charge in [0, 0.05) is 17.6 Å². The van der Waals surface area contributed by atoms with Crippen molar-refractivity contribution in [1.82, 2.24) is 10.2 Å². The molecule has 3 aliphatic rings. The van der Waals surface area contributed by atoms with Crippen LogP contribution in [0.15, 0.2) is 36.4 Å². The van der Waals surface area contributed by atoms with E-state index in [1.54, 1.807) is 12.1 Å². The normalized spacial score (nSPS) is 25.5. The molecule has 3 aliphatic heterocycles. The fraction of sp³-hybridized carbons (Fsp3) is 0.389. The van der Waals surface area contributed by atoms with Gasteiger partial charge in [0.1, 0.15) is 5.75 Å². The van der Waals surface area contributed by atoms with E-state index >= 15 is 0 Å². The number of halogens is 1. The molecule has 0 aliphatic carbocycles. The number of piperidine rings is 3. The number of amides is 1. The first kappa shape index (κ1) is 15.9. The molecule has 0 radical (unpaired) electrons. The summed E-state index contributed by atoms with van der Waals surface area (Å²) in [7, 11) is 0. The van der Waals surface area contributed by atoms with Crippen LogP contribution in [0.1, 0.15) is 22.5 Å². The zero-order valence-electron chi connectivity index (χ0n) is 13.2. The van der Waals surface area contributed by atoms with Gasteiger partial charge in [0.15, 0.2) is 5.06 Å². The molecule has 1 amide bonds. The maximum atomic E-state index is 12.5. The number of ether oxygens (including phenoxy) is 1. The Bertz CT molecular complexity index is 740. The second-order valence-corrected chi connectivity index (χ2v) is 7.88. The zero-order valence-corrected chi connectivity index (χ0v) is 14.8. The molecule has 5 rings (SSSR count). The van der Waals surface area contributed by atoms with Gasteiger partial charge in [0.25, 0.3) is 5.91 Å². The minimum atomic E-state index is -0.000283. The summed E-state index contributed by atoms with van der Waals surface area (Å²) >= 11 is 7.32. The lowest BCUT2D eigenvalue weighted by atomic mass is 9.84. The van der Waals surface area contributed by atoms with Crippen LogP contribution in [0.5, 0.6) is 10.8 Å².